The second-order valence-corrected chi connectivity index (χ2v) is 7.24. The van der Waals surface area contributed by atoms with Crippen molar-refractivity contribution in [2.45, 2.75) is 26.2 Å². The van der Waals surface area contributed by atoms with Gasteiger partial charge in [0.05, 0.1) is 5.92 Å². The molecule has 1 aliphatic rings. The summed E-state index contributed by atoms with van der Waals surface area (Å²) < 4.78 is 0. The summed E-state index contributed by atoms with van der Waals surface area (Å²) in [7, 11) is 0. The first-order valence-electron chi connectivity index (χ1n) is 9.51. The van der Waals surface area contributed by atoms with E-state index in [2.05, 4.69) is 5.32 Å². The third kappa shape index (κ3) is 5.73. The van der Waals surface area contributed by atoms with Crippen molar-refractivity contribution >= 4 is 29.9 Å². The molecule has 0 aliphatic carbocycles. The number of piperidine rings is 1. The van der Waals surface area contributed by atoms with Gasteiger partial charge in [-0.1, -0.05) is 29.8 Å². The third-order valence-corrected chi connectivity index (χ3v) is 5.07. The highest BCUT2D eigenvalue weighted by molar-refractivity contribution is 5.94. The molecule has 5 nitrogen and oxygen atoms in total. The Hall–Kier alpha value is -2.53. The largest absolute Gasteiger partial charge is 0.399 e. The Balaban J connectivity index is 0.00000280. The first-order chi connectivity index (χ1) is 13.0. The number of halogens is 1. The number of amides is 2. The number of nitrogens with one attached hydrogen (secondary N) is 1. The van der Waals surface area contributed by atoms with Crippen LogP contribution in [0.25, 0.3) is 0 Å². The summed E-state index contributed by atoms with van der Waals surface area (Å²) >= 11 is 0. The monoisotopic (exact) mass is 401 g/mol. The lowest BCUT2D eigenvalue weighted by Crippen LogP contribution is -2.45. The molecule has 6 heteroatoms. The van der Waals surface area contributed by atoms with Gasteiger partial charge < -0.3 is 16.0 Å². The lowest BCUT2D eigenvalue weighted by Gasteiger charge is -2.32. The minimum absolute atomic E-state index is 0. The lowest BCUT2D eigenvalue weighted by atomic mass is 9.96. The number of nitrogens with two attached hydrogens (primary N) is 1. The number of carbonyl (C=O) groups excluding carboxylic acids is 2. The highest BCUT2D eigenvalue weighted by atomic mass is 35.5. The number of nitrogens with zero attached hydrogens (tertiary/aromatic N) is 1. The summed E-state index contributed by atoms with van der Waals surface area (Å²) in [6.45, 7) is 3.79. The standard InChI is InChI=1S/C22H27N3O2.ClH/c1-16-4-8-18(9-5-16)22(27)25-14-2-3-19(15-25)21(26)24-13-12-17-6-10-20(23)11-7-17;/h4-11,19H,2-3,12-15,23H2,1H3,(H,24,26);1H. The van der Waals surface area contributed by atoms with Crippen molar-refractivity contribution in [1.82, 2.24) is 10.2 Å². The normalized spacial score (nSPS) is 16.2. The Bertz CT molecular complexity index is 790. The van der Waals surface area contributed by atoms with Crippen molar-refractivity contribution in [3.05, 3.63) is 65.2 Å². The molecular formula is C22H28ClN3O2. The summed E-state index contributed by atoms with van der Waals surface area (Å²) in [6, 6.07) is 15.3. The SMILES string of the molecule is Cc1ccc(C(=O)N2CCCC(C(=O)NCCc3ccc(N)cc3)C2)cc1.Cl. The number of hydrogen-bond donors (Lipinski definition) is 2. The number of aryl methyl sites for hydroxylation is 1. The molecule has 3 N–H and O–H groups in total. The Kier molecular flexibility index (Phi) is 7.88. The maximum absolute atomic E-state index is 12.7. The molecule has 0 saturated carbocycles. The van der Waals surface area contributed by atoms with Crippen molar-refractivity contribution < 1.29 is 9.59 Å². The molecule has 150 valence electrons. The fourth-order valence-corrected chi connectivity index (χ4v) is 3.41. The maximum atomic E-state index is 12.7. The van der Waals surface area contributed by atoms with Crippen LogP contribution in [0.5, 0.6) is 0 Å². The highest BCUT2D eigenvalue weighted by Crippen LogP contribution is 2.19. The molecule has 1 heterocycles. The molecule has 0 spiro atoms. The fourth-order valence-electron chi connectivity index (χ4n) is 3.41. The number of rotatable bonds is 5. The smallest absolute Gasteiger partial charge is 0.253 e. The van der Waals surface area contributed by atoms with Crippen LogP contribution < -0.4 is 11.1 Å². The van der Waals surface area contributed by atoms with Crippen LogP contribution in [-0.2, 0) is 11.2 Å². The van der Waals surface area contributed by atoms with Gasteiger partial charge in [0.15, 0.2) is 0 Å². The van der Waals surface area contributed by atoms with E-state index in [-0.39, 0.29) is 30.1 Å². The fraction of sp³-hybridized carbons (Fsp3) is 0.364. The molecule has 2 aromatic rings. The van der Waals surface area contributed by atoms with E-state index in [9.17, 15) is 9.59 Å². The van der Waals surface area contributed by atoms with Crippen LogP contribution in [0.15, 0.2) is 48.5 Å². The van der Waals surface area contributed by atoms with Gasteiger partial charge in [-0.2, -0.15) is 0 Å². The highest BCUT2D eigenvalue weighted by Gasteiger charge is 2.28. The summed E-state index contributed by atoms with van der Waals surface area (Å²) in [5.74, 6) is -0.0965. The van der Waals surface area contributed by atoms with Gasteiger partial charge in [0.1, 0.15) is 0 Å². The first kappa shape index (κ1) is 21.8. The van der Waals surface area contributed by atoms with E-state index in [0.29, 0.717) is 25.2 Å². The summed E-state index contributed by atoms with van der Waals surface area (Å²) in [4.78, 5) is 27.0. The number of benzene rings is 2. The summed E-state index contributed by atoms with van der Waals surface area (Å²) in [5.41, 5.74) is 9.38. The van der Waals surface area contributed by atoms with E-state index in [0.717, 1.165) is 36.1 Å². The topological polar surface area (TPSA) is 75.4 Å². The van der Waals surface area contributed by atoms with Gasteiger partial charge in [-0.05, 0) is 56.0 Å². The molecule has 1 unspecified atom stereocenters. The van der Waals surface area contributed by atoms with Crippen molar-refractivity contribution in [3.63, 3.8) is 0 Å². The number of hydrogen-bond acceptors (Lipinski definition) is 3. The Morgan fingerprint density at radius 2 is 1.79 bits per heavy atom. The van der Waals surface area contributed by atoms with E-state index < -0.39 is 0 Å². The van der Waals surface area contributed by atoms with Gasteiger partial charge in [-0.3, -0.25) is 9.59 Å². The average molecular weight is 402 g/mol. The molecule has 1 atom stereocenters. The van der Waals surface area contributed by atoms with Crippen LogP contribution in [-0.4, -0.2) is 36.3 Å². The van der Waals surface area contributed by atoms with Gasteiger partial charge in [-0.25, -0.2) is 0 Å². The van der Waals surface area contributed by atoms with Crippen molar-refractivity contribution in [1.29, 1.82) is 0 Å². The van der Waals surface area contributed by atoms with Gasteiger partial charge in [0, 0.05) is 30.9 Å². The molecule has 0 aromatic heterocycles. The van der Waals surface area contributed by atoms with E-state index in [1.165, 1.54) is 0 Å². The van der Waals surface area contributed by atoms with Crippen LogP contribution in [0.1, 0.15) is 34.3 Å². The zero-order valence-corrected chi connectivity index (χ0v) is 17.0. The minimum Gasteiger partial charge on any atom is -0.399 e. The van der Waals surface area contributed by atoms with E-state index in [1.807, 2.05) is 55.5 Å². The summed E-state index contributed by atoms with van der Waals surface area (Å²) in [6.07, 6.45) is 2.45. The Morgan fingerprint density at radius 3 is 2.46 bits per heavy atom. The molecular weight excluding hydrogens is 374 g/mol. The molecule has 2 aromatic carbocycles. The number of likely N-dealkylation sites (tertiary alicyclic amines) is 1. The summed E-state index contributed by atoms with van der Waals surface area (Å²) in [5, 5.41) is 3.01. The van der Waals surface area contributed by atoms with Crippen LogP contribution in [0.3, 0.4) is 0 Å². The predicted octanol–water partition coefficient (Wildman–Crippen LogP) is 3.21. The molecule has 1 fully saturated rings. The molecule has 1 aliphatic heterocycles. The van der Waals surface area contributed by atoms with Gasteiger partial charge in [0.25, 0.3) is 5.91 Å². The molecule has 1 saturated heterocycles. The Labute approximate surface area is 172 Å². The number of anilines is 1. The molecule has 0 bridgehead atoms. The van der Waals surface area contributed by atoms with Gasteiger partial charge in [0.2, 0.25) is 5.91 Å². The quantitative estimate of drug-likeness (QED) is 0.755. The van der Waals surface area contributed by atoms with Crippen molar-refractivity contribution in [2.24, 2.45) is 5.92 Å². The minimum atomic E-state index is -0.139. The van der Waals surface area contributed by atoms with E-state index in [4.69, 9.17) is 5.73 Å². The number of nitrogen functional groups attached to an aromatic ring is 1. The van der Waals surface area contributed by atoms with Crippen LogP contribution in [0.2, 0.25) is 0 Å². The van der Waals surface area contributed by atoms with Crippen molar-refractivity contribution in [3.8, 4) is 0 Å². The molecule has 3 rings (SSSR count). The zero-order chi connectivity index (χ0) is 19.2. The Morgan fingerprint density at radius 1 is 1.11 bits per heavy atom. The van der Waals surface area contributed by atoms with Crippen LogP contribution >= 0.6 is 12.4 Å². The van der Waals surface area contributed by atoms with Gasteiger partial charge in [-0.15, -0.1) is 12.4 Å². The second kappa shape index (κ2) is 10.1. The average Bonchev–Trinajstić information content (AvgIpc) is 2.69. The first-order valence-corrected chi connectivity index (χ1v) is 9.51. The van der Waals surface area contributed by atoms with Crippen LogP contribution in [0, 0.1) is 12.8 Å². The molecule has 0 radical (unpaired) electrons. The van der Waals surface area contributed by atoms with Crippen molar-refractivity contribution in [2.75, 3.05) is 25.4 Å². The van der Waals surface area contributed by atoms with Gasteiger partial charge >= 0.3 is 0 Å². The molecule has 2 amide bonds. The van der Waals surface area contributed by atoms with E-state index >= 15 is 0 Å². The second-order valence-electron chi connectivity index (χ2n) is 7.24. The number of carbonyl (C=O) groups is 2. The molecule has 28 heavy (non-hydrogen) atoms. The van der Waals surface area contributed by atoms with E-state index in [1.54, 1.807) is 4.90 Å². The third-order valence-electron chi connectivity index (χ3n) is 5.07. The lowest BCUT2D eigenvalue weighted by molar-refractivity contribution is -0.126. The maximum Gasteiger partial charge on any atom is 0.253 e. The van der Waals surface area contributed by atoms with Crippen LogP contribution in [0.4, 0.5) is 5.69 Å². The zero-order valence-electron chi connectivity index (χ0n) is 16.2. The predicted molar refractivity (Wildman–Crippen MR) is 115 cm³/mol.